The maximum Gasteiger partial charge on any atom is 0.307 e. The number of carboxylic acid groups (broad SMARTS) is 1. The van der Waals surface area contributed by atoms with Crippen LogP contribution < -0.4 is 5.43 Å². The van der Waals surface area contributed by atoms with Crippen molar-refractivity contribution in [1.29, 1.82) is 0 Å². The molecule has 0 saturated carbocycles. The minimum Gasteiger partial charge on any atom is -0.481 e. The van der Waals surface area contributed by atoms with Gasteiger partial charge in [0.15, 0.2) is 0 Å². The average Bonchev–Trinajstić information content (AvgIpc) is 2.67. The third kappa shape index (κ3) is 5.36. The number of carboxylic acids is 1. The maximum absolute atomic E-state index is 13.5. The Labute approximate surface area is 162 Å². The molecule has 1 saturated heterocycles. The van der Waals surface area contributed by atoms with Gasteiger partial charge in [0, 0.05) is 31.3 Å². The number of halogens is 2. The molecule has 2 aromatic carbocycles. The standard InChI is InChI=1S/C21H23F2N3O2/c22-18-10-17(11-19(23)12-18)20-6-2-1-4-15(20)13-25-24-7-9-26-8-3-5-16(14-26)21(27)28/h1-2,4,6,10-13,16,24H,3,5,7-9,14H2,(H,27,28)/b25-13+. The highest BCUT2D eigenvalue weighted by molar-refractivity contribution is 5.90. The van der Waals surface area contributed by atoms with E-state index in [1.165, 1.54) is 12.1 Å². The van der Waals surface area contributed by atoms with Gasteiger partial charge < -0.3 is 15.4 Å². The van der Waals surface area contributed by atoms with Crippen LogP contribution >= 0.6 is 0 Å². The molecule has 1 aliphatic heterocycles. The topological polar surface area (TPSA) is 64.9 Å². The van der Waals surface area contributed by atoms with Crippen molar-refractivity contribution in [2.24, 2.45) is 11.0 Å². The van der Waals surface area contributed by atoms with E-state index >= 15 is 0 Å². The molecular formula is C21H23F2N3O2. The minimum absolute atomic E-state index is 0.296. The molecule has 7 heteroatoms. The van der Waals surface area contributed by atoms with E-state index in [1.54, 1.807) is 18.3 Å². The minimum atomic E-state index is -0.735. The number of aliphatic carboxylic acids is 1. The van der Waals surface area contributed by atoms with Gasteiger partial charge in [-0.3, -0.25) is 4.79 Å². The lowest BCUT2D eigenvalue weighted by molar-refractivity contribution is -0.143. The molecule has 3 rings (SSSR count). The Bertz CT molecular complexity index is 837. The zero-order valence-corrected chi connectivity index (χ0v) is 15.4. The fourth-order valence-electron chi connectivity index (χ4n) is 3.43. The Morgan fingerprint density at radius 1 is 1.25 bits per heavy atom. The van der Waals surface area contributed by atoms with Gasteiger partial charge in [0.1, 0.15) is 11.6 Å². The van der Waals surface area contributed by atoms with Crippen LogP contribution in [0.1, 0.15) is 18.4 Å². The number of likely N-dealkylation sites (tertiary alicyclic amines) is 1. The third-order valence-electron chi connectivity index (χ3n) is 4.82. The third-order valence-corrected chi connectivity index (χ3v) is 4.82. The quantitative estimate of drug-likeness (QED) is 0.434. The summed E-state index contributed by atoms with van der Waals surface area (Å²) in [4.78, 5) is 13.2. The van der Waals surface area contributed by atoms with Gasteiger partial charge in [0.25, 0.3) is 0 Å². The highest BCUT2D eigenvalue weighted by atomic mass is 19.1. The lowest BCUT2D eigenvalue weighted by atomic mass is 9.98. The Morgan fingerprint density at radius 2 is 2.00 bits per heavy atom. The number of benzene rings is 2. The van der Waals surface area contributed by atoms with E-state index in [1.807, 2.05) is 12.1 Å². The second-order valence-corrected chi connectivity index (χ2v) is 6.89. The van der Waals surface area contributed by atoms with E-state index in [-0.39, 0.29) is 5.92 Å². The molecule has 5 nitrogen and oxygen atoms in total. The van der Waals surface area contributed by atoms with Gasteiger partial charge >= 0.3 is 5.97 Å². The predicted octanol–water partition coefficient (Wildman–Crippen LogP) is 3.35. The predicted molar refractivity (Wildman–Crippen MR) is 104 cm³/mol. The zero-order valence-electron chi connectivity index (χ0n) is 15.4. The van der Waals surface area contributed by atoms with Crippen LogP contribution in [0.2, 0.25) is 0 Å². The van der Waals surface area contributed by atoms with Crippen molar-refractivity contribution in [2.45, 2.75) is 12.8 Å². The second-order valence-electron chi connectivity index (χ2n) is 6.89. The van der Waals surface area contributed by atoms with Crippen LogP contribution in [0.15, 0.2) is 47.6 Å². The van der Waals surface area contributed by atoms with Crippen LogP contribution in [0.25, 0.3) is 11.1 Å². The summed E-state index contributed by atoms with van der Waals surface area (Å²) in [5, 5.41) is 13.3. The van der Waals surface area contributed by atoms with E-state index in [2.05, 4.69) is 15.4 Å². The number of piperidine rings is 1. The number of carbonyl (C=O) groups is 1. The molecule has 0 bridgehead atoms. The molecule has 1 unspecified atom stereocenters. The molecule has 0 amide bonds. The second kappa shape index (κ2) is 9.41. The Balaban J connectivity index is 1.57. The lowest BCUT2D eigenvalue weighted by Gasteiger charge is -2.30. The molecule has 1 heterocycles. The first-order valence-electron chi connectivity index (χ1n) is 9.29. The van der Waals surface area contributed by atoms with Crippen LogP contribution in [0.5, 0.6) is 0 Å². The van der Waals surface area contributed by atoms with Crippen LogP contribution in [0.4, 0.5) is 8.78 Å². The first-order valence-corrected chi connectivity index (χ1v) is 9.29. The number of nitrogens with one attached hydrogen (secondary N) is 1. The van der Waals surface area contributed by atoms with E-state index in [0.717, 1.165) is 31.0 Å². The summed E-state index contributed by atoms with van der Waals surface area (Å²) in [6.07, 6.45) is 3.24. The summed E-state index contributed by atoms with van der Waals surface area (Å²) in [6, 6.07) is 10.7. The van der Waals surface area contributed by atoms with Gasteiger partial charge in [0.05, 0.1) is 12.1 Å². The molecule has 148 valence electrons. The molecule has 2 aromatic rings. The largest absolute Gasteiger partial charge is 0.481 e. The van der Waals surface area contributed by atoms with Gasteiger partial charge in [-0.2, -0.15) is 5.10 Å². The molecule has 28 heavy (non-hydrogen) atoms. The first kappa shape index (κ1) is 19.9. The van der Waals surface area contributed by atoms with Gasteiger partial charge in [-0.15, -0.1) is 0 Å². The number of hydrogen-bond donors (Lipinski definition) is 2. The Hall–Kier alpha value is -2.80. The molecule has 0 aliphatic carbocycles. The number of rotatable bonds is 7. The summed E-state index contributed by atoms with van der Waals surface area (Å²) in [5.74, 6) is -2.28. The number of nitrogens with zero attached hydrogens (tertiary/aromatic N) is 2. The molecular weight excluding hydrogens is 364 g/mol. The smallest absolute Gasteiger partial charge is 0.307 e. The highest BCUT2D eigenvalue weighted by Crippen LogP contribution is 2.24. The normalized spacial score (nSPS) is 17.7. The highest BCUT2D eigenvalue weighted by Gasteiger charge is 2.24. The van der Waals surface area contributed by atoms with Crippen molar-refractivity contribution in [3.8, 4) is 11.1 Å². The molecule has 1 fully saturated rings. The summed E-state index contributed by atoms with van der Waals surface area (Å²) in [6.45, 7) is 2.75. The van der Waals surface area contributed by atoms with Crippen molar-refractivity contribution < 1.29 is 18.7 Å². The fraction of sp³-hybridized carbons (Fsp3) is 0.333. The van der Waals surface area contributed by atoms with Gasteiger partial charge in [-0.1, -0.05) is 24.3 Å². The van der Waals surface area contributed by atoms with Crippen LogP contribution in [-0.4, -0.2) is 48.4 Å². The molecule has 1 aliphatic rings. The fourth-order valence-corrected chi connectivity index (χ4v) is 3.43. The van der Waals surface area contributed by atoms with E-state index in [9.17, 15) is 13.6 Å². The summed E-state index contributed by atoms with van der Waals surface area (Å²) in [5.41, 5.74) is 4.84. The monoisotopic (exact) mass is 387 g/mol. The van der Waals surface area contributed by atoms with Crippen LogP contribution in [0, 0.1) is 17.6 Å². The van der Waals surface area contributed by atoms with Gasteiger partial charge in [-0.25, -0.2) is 8.78 Å². The van der Waals surface area contributed by atoms with E-state index < -0.39 is 17.6 Å². The average molecular weight is 387 g/mol. The van der Waals surface area contributed by atoms with Crippen molar-refractivity contribution in [3.05, 3.63) is 59.7 Å². The van der Waals surface area contributed by atoms with Crippen molar-refractivity contribution in [3.63, 3.8) is 0 Å². The summed E-state index contributed by atoms with van der Waals surface area (Å²) < 4.78 is 27.0. The maximum atomic E-state index is 13.5. The molecule has 0 aromatic heterocycles. The van der Waals surface area contributed by atoms with Crippen molar-refractivity contribution in [2.75, 3.05) is 26.2 Å². The Morgan fingerprint density at radius 3 is 2.75 bits per heavy atom. The number of hydrazone groups is 1. The SMILES string of the molecule is O=C(O)C1CCCN(CCN/N=C/c2ccccc2-c2cc(F)cc(F)c2)C1. The molecule has 1 atom stereocenters. The number of hydrogen-bond acceptors (Lipinski definition) is 4. The molecule has 0 radical (unpaired) electrons. The Kier molecular flexibility index (Phi) is 6.71. The van der Waals surface area contributed by atoms with Crippen molar-refractivity contribution >= 4 is 12.2 Å². The molecule has 0 spiro atoms. The van der Waals surface area contributed by atoms with Gasteiger partial charge in [0.2, 0.25) is 0 Å². The summed E-state index contributed by atoms with van der Waals surface area (Å²) in [7, 11) is 0. The van der Waals surface area contributed by atoms with E-state index in [4.69, 9.17) is 5.11 Å². The molecule has 2 N–H and O–H groups in total. The zero-order chi connectivity index (χ0) is 19.9. The van der Waals surface area contributed by atoms with Gasteiger partial charge in [-0.05, 0) is 42.6 Å². The lowest BCUT2D eigenvalue weighted by Crippen LogP contribution is -2.41. The van der Waals surface area contributed by atoms with E-state index in [0.29, 0.717) is 30.8 Å². The van der Waals surface area contributed by atoms with Crippen LogP contribution in [-0.2, 0) is 4.79 Å². The van der Waals surface area contributed by atoms with Crippen LogP contribution in [0.3, 0.4) is 0 Å². The first-order chi connectivity index (χ1) is 13.5. The summed E-state index contributed by atoms with van der Waals surface area (Å²) >= 11 is 0. The van der Waals surface area contributed by atoms with Crippen molar-refractivity contribution in [1.82, 2.24) is 10.3 Å².